The Bertz CT molecular complexity index is 1370. The Balaban J connectivity index is 1.39. The molecule has 1 aromatic heterocycles. The highest BCUT2D eigenvalue weighted by atomic mass is 35.5. The molecule has 2 aromatic carbocycles. The van der Waals surface area contributed by atoms with Gasteiger partial charge >= 0.3 is 4.87 Å². The maximum Gasteiger partial charge on any atom is 0.308 e. The van der Waals surface area contributed by atoms with Gasteiger partial charge in [-0.2, -0.15) is 0 Å². The summed E-state index contributed by atoms with van der Waals surface area (Å²) in [6.07, 6.45) is 0.713. The van der Waals surface area contributed by atoms with Crippen molar-refractivity contribution in [3.63, 3.8) is 0 Å². The van der Waals surface area contributed by atoms with Crippen molar-refractivity contribution in [1.29, 1.82) is 0 Å². The number of carbonyl (C=O) groups is 1. The minimum absolute atomic E-state index is 0.0394. The standard InChI is InChI=1S/C23H25ClFN3O4S2/c1-14(2)28-20-7-6-16(12-21(20)33-23(28)30)26-22(29)15-8-10-27(11-9-15)34(31,32)13-17-18(24)4-3-5-19(17)25/h3-7,12,14-15H,8-11,13H2,1-2H3,(H,26,29). The van der Waals surface area contributed by atoms with Gasteiger partial charge in [-0.1, -0.05) is 29.0 Å². The molecule has 1 N–H and O–H groups in total. The average Bonchev–Trinajstić information content (AvgIpc) is 3.11. The first-order valence-corrected chi connectivity index (χ1v) is 13.7. The van der Waals surface area contributed by atoms with Crippen molar-refractivity contribution >= 4 is 54.8 Å². The summed E-state index contributed by atoms with van der Waals surface area (Å²) in [5.41, 5.74) is 1.38. The number of rotatable bonds is 6. The van der Waals surface area contributed by atoms with Crippen LogP contribution in [0.3, 0.4) is 0 Å². The number of fused-ring (bicyclic) bond motifs is 1. The second-order valence-electron chi connectivity index (χ2n) is 8.63. The molecular formula is C23H25ClFN3O4S2. The number of anilines is 1. The molecule has 0 unspecified atom stereocenters. The van der Waals surface area contributed by atoms with E-state index in [0.717, 1.165) is 21.6 Å². The molecule has 0 saturated carbocycles. The van der Waals surface area contributed by atoms with E-state index in [9.17, 15) is 22.4 Å². The molecule has 4 rings (SSSR count). The summed E-state index contributed by atoms with van der Waals surface area (Å²) in [5.74, 6) is -1.72. The fraction of sp³-hybridized carbons (Fsp3) is 0.391. The number of nitrogens with zero attached hydrogens (tertiary/aromatic N) is 2. The maximum absolute atomic E-state index is 14.0. The highest BCUT2D eigenvalue weighted by molar-refractivity contribution is 7.88. The smallest absolute Gasteiger partial charge is 0.308 e. The van der Waals surface area contributed by atoms with Gasteiger partial charge in [0.15, 0.2) is 0 Å². The summed E-state index contributed by atoms with van der Waals surface area (Å²) in [5, 5.41) is 2.96. The van der Waals surface area contributed by atoms with Crippen LogP contribution in [0.2, 0.25) is 5.02 Å². The zero-order valence-electron chi connectivity index (χ0n) is 18.8. The summed E-state index contributed by atoms with van der Waals surface area (Å²) >= 11 is 7.12. The molecule has 0 atom stereocenters. The van der Waals surface area contributed by atoms with Crippen molar-refractivity contribution in [1.82, 2.24) is 8.87 Å². The molecule has 34 heavy (non-hydrogen) atoms. The third-order valence-electron chi connectivity index (χ3n) is 6.00. The number of benzene rings is 2. The maximum atomic E-state index is 14.0. The van der Waals surface area contributed by atoms with E-state index in [1.165, 1.54) is 22.5 Å². The molecule has 182 valence electrons. The van der Waals surface area contributed by atoms with E-state index in [2.05, 4.69) is 5.32 Å². The number of hydrogen-bond donors (Lipinski definition) is 1. The number of halogens is 2. The number of amides is 1. The van der Waals surface area contributed by atoms with E-state index in [1.54, 1.807) is 16.7 Å². The van der Waals surface area contributed by atoms with Crippen molar-refractivity contribution in [2.75, 3.05) is 18.4 Å². The van der Waals surface area contributed by atoms with Crippen molar-refractivity contribution in [3.05, 3.63) is 62.5 Å². The summed E-state index contributed by atoms with van der Waals surface area (Å²) in [6, 6.07) is 9.49. The van der Waals surface area contributed by atoms with Gasteiger partial charge in [-0.15, -0.1) is 0 Å². The van der Waals surface area contributed by atoms with Gasteiger partial charge in [-0.25, -0.2) is 17.1 Å². The predicted molar refractivity (Wildman–Crippen MR) is 133 cm³/mol. The first-order valence-electron chi connectivity index (χ1n) is 10.9. The molecule has 1 aliphatic heterocycles. The summed E-state index contributed by atoms with van der Waals surface area (Å²) in [4.78, 5) is 25.0. The van der Waals surface area contributed by atoms with Gasteiger partial charge in [-0.05, 0) is 57.0 Å². The fourth-order valence-electron chi connectivity index (χ4n) is 4.19. The second kappa shape index (κ2) is 9.77. The normalized spacial score (nSPS) is 15.8. The van der Waals surface area contributed by atoms with E-state index in [4.69, 9.17) is 11.6 Å². The molecule has 1 aliphatic rings. The molecule has 0 aliphatic carbocycles. The molecule has 0 bridgehead atoms. The Kier molecular flexibility index (Phi) is 7.14. The van der Waals surface area contributed by atoms with Gasteiger partial charge in [0.05, 0.1) is 16.0 Å². The van der Waals surface area contributed by atoms with Crippen molar-refractivity contribution in [3.8, 4) is 0 Å². The highest BCUT2D eigenvalue weighted by Crippen LogP contribution is 2.28. The number of hydrogen-bond acceptors (Lipinski definition) is 5. The summed E-state index contributed by atoms with van der Waals surface area (Å²) in [7, 11) is -3.78. The zero-order valence-corrected chi connectivity index (χ0v) is 21.1. The lowest BCUT2D eigenvalue weighted by Crippen LogP contribution is -2.42. The Morgan fingerprint density at radius 2 is 1.94 bits per heavy atom. The lowest BCUT2D eigenvalue weighted by molar-refractivity contribution is -0.120. The van der Waals surface area contributed by atoms with Crippen LogP contribution in [0.5, 0.6) is 0 Å². The van der Waals surface area contributed by atoms with Crippen molar-refractivity contribution < 1.29 is 17.6 Å². The van der Waals surface area contributed by atoms with Crippen LogP contribution in [0.4, 0.5) is 10.1 Å². The van der Waals surface area contributed by atoms with Crippen molar-refractivity contribution in [2.45, 2.75) is 38.5 Å². The van der Waals surface area contributed by atoms with Crippen LogP contribution in [0.25, 0.3) is 10.2 Å². The quantitative estimate of drug-likeness (QED) is 0.508. The molecule has 0 radical (unpaired) electrons. The number of nitrogens with one attached hydrogen (secondary N) is 1. The monoisotopic (exact) mass is 525 g/mol. The van der Waals surface area contributed by atoms with Gasteiger partial charge in [0.2, 0.25) is 15.9 Å². The third-order valence-corrected chi connectivity index (χ3v) is 9.08. The van der Waals surface area contributed by atoms with Crippen LogP contribution in [-0.2, 0) is 20.6 Å². The molecule has 1 fully saturated rings. The molecule has 1 amide bonds. The van der Waals surface area contributed by atoms with Gasteiger partial charge < -0.3 is 5.32 Å². The first-order chi connectivity index (χ1) is 16.1. The Morgan fingerprint density at radius 1 is 1.24 bits per heavy atom. The third kappa shape index (κ3) is 5.05. The molecular weight excluding hydrogens is 501 g/mol. The summed E-state index contributed by atoms with van der Waals surface area (Å²) < 4.78 is 43.5. The first kappa shape index (κ1) is 24.8. The van der Waals surface area contributed by atoms with Gasteiger partial charge in [0.25, 0.3) is 0 Å². The SMILES string of the molecule is CC(C)n1c(=O)sc2cc(NC(=O)C3CCN(S(=O)(=O)Cc4c(F)cccc4Cl)CC3)ccc21. The molecule has 2 heterocycles. The zero-order chi connectivity index (χ0) is 24.6. The van der Waals surface area contributed by atoms with E-state index < -0.39 is 21.6 Å². The lowest BCUT2D eigenvalue weighted by atomic mass is 9.97. The topological polar surface area (TPSA) is 88.5 Å². The minimum atomic E-state index is -3.78. The fourth-order valence-corrected chi connectivity index (χ4v) is 7.16. The number of piperidine rings is 1. The van der Waals surface area contributed by atoms with E-state index in [1.807, 2.05) is 19.9 Å². The molecule has 0 spiro atoms. The molecule has 1 saturated heterocycles. The van der Waals surface area contributed by atoms with Gasteiger partial charge in [-0.3, -0.25) is 14.2 Å². The Hall–Kier alpha value is -2.27. The largest absolute Gasteiger partial charge is 0.326 e. The number of aromatic nitrogens is 1. The van der Waals surface area contributed by atoms with E-state index >= 15 is 0 Å². The Labute approximate surface area is 206 Å². The van der Waals surface area contributed by atoms with Crippen LogP contribution >= 0.6 is 22.9 Å². The minimum Gasteiger partial charge on any atom is -0.326 e. The van der Waals surface area contributed by atoms with Crippen LogP contribution in [-0.4, -0.2) is 36.3 Å². The number of sulfonamides is 1. The van der Waals surface area contributed by atoms with Crippen LogP contribution < -0.4 is 10.2 Å². The lowest BCUT2D eigenvalue weighted by Gasteiger charge is -2.30. The van der Waals surface area contributed by atoms with Gasteiger partial charge in [0.1, 0.15) is 5.82 Å². The summed E-state index contributed by atoms with van der Waals surface area (Å²) in [6.45, 7) is 4.23. The Morgan fingerprint density at radius 3 is 2.59 bits per heavy atom. The molecule has 11 heteroatoms. The molecule has 3 aromatic rings. The number of thiazole rings is 1. The van der Waals surface area contributed by atoms with Gasteiger partial charge in [0, 0.05) is 41.3 Å². The van der Waals surface area contributed by atoms with Crippen LogP contribution in [0, 0.1) is 11.7 Å². The van der Waals surface area contributed by atoms with Crippen LogP contribution in [0.15, 0.2) is 41.2 Å². The van der Waals surface area contributed by atoms with Crippen molar-refractivity contribution in [2.24, 2.45) is 5.92 Å². The van der Waals surface area contributed by atoms with E-state index in [0.29, 0.717) is 18.5 Å². The average molecular weight is 526 g/mol. The second-order valence-corrected chi connectivity index (χ2v) is 12.0. The van der Waals surface area contributed by atoms with E-state index in [-0.39, 0.29) is 46.4 Å². The highest BCUT2D eigenvalue weighted by Gasteiger charge is 2.32. The molecule has 7 nitrogen and oxygen atoms in total. The predicted octanol–water partition coefficient (Wildman–Crippen LogP) is 4.62. The number of carbonyl (C=O) groups excluding carboxylic acids is 1. The van der Waals surface area contributed by atoms with Crippen LogP contribution in [0.1, 0.15) is 38.3 Å².